The quantitative estimate of drug-likeness (QED) is 0.804. The molecular formula is C22H27NO4. The lowest BCUT2D eigenvalue weighted by Gasteiger charge is -2.34. The number of ether oxygens (including phenoxy) is 3. The van der Waals surface area contributed by atoms with Crippen LogP contribution in [-0.2, 0) is 11.2 Å². The lowest BCUT2D eigenvalue weighted by atomic mass is 10.0. The van der Waals surface area contributed by atoms with Crippen LogP contribution >= 0.6 is 0 Å². The summed E-state index contributed by atoms with van der Waals surface area (Å²) in [7, 11) is 3.16. The maximum absolute atomic E-state index is 13.5. The monoisotopic (exact) mass is 369 g/mol. The van der Waals surface area contributed by atoms with E-state index in [1.807, 2.05) is 49.9 Å². The standard InChI is InChI=1S/C22H27NO4/c1-15-11-19(25-4)20(26-5)13-18(15)21(24)23-17(14-27-22(23,2)3)12-16-9-7-6-8-10-16/h6-11,13,17H,12,14H2,1-5H3/t17-/m0/s1. The molecule has 1 amide bonds. The topological polar surface area (TPSA) is 48.0 Å². The fraction of sp³-hybridized carbons (Fsp3) is 0.409. The van der Waals surface area contributed by atoms with Crippen LogP contribution in [0.4, 0.5) is 0 Å². The molecule has 2 aromatic rings. The number of carbonyl (C=O) groups is 1. The first kappa shape index (κ1) is 19.2. The smallest absolute Gasteiger partial charge is 0.256 e. The Morgan fingerprint density at radius 2 is 1.78 bits per heavy atom. The second-order valence-corrected chi connectivity index (χ2v) is 7.30. The van der Waals surface area contributed by atoms with Gasteiger partial charge in [-0.1, -0.05) is 30.3 Å². The highest BCUT2D eigenvalue weighted by Crippen LogP contribution is 2.35. The predicted octanol–water partition coefficient (Wildman–Crippen LogP) is 3.83. The van der Waals surface area contributed by atoms with E-state index in [1.165, 1.54) is 5.56 Å². The molecule has 1 aliphatic rings. The van der Waals surface area contributed by atoms with Crippen LogP contribution in [0.3, 0.4) is 0 Å². The second kappa shape index (κ2) is 7.61. The third-order valence-electron chi connectivity index (χ3n) is 5.07. The van der Waals surface area contributed by atoms with Crippen LogP contribution in [0.2, 0.25) is 0 Å². The zero-order chi connectivity index (χ0) is 19.6. The molecule has 27 heavy (non-hydrogen) atoms. The van der Waals surface area contributed by atoms with E-state index in [0.29, 0.717) is 23.7 Å². The molecule has 1 heterocycles. The summed E-state index contributed by atoms with van der Waals surface area (Å²) in [6.45, 7) is 6.29. The van der Waals surface area contributed by atoms with Crippen molar-refractivity contribution in [1.82, 2.24) is 4.90 Å². The fourth-order valence-electron chi connectivity index (χ4n) is 3.67. The largest absolute Gasteiger partial charge is 0.493 e. The van der Waals surface area contributed by atoms with Gasteiger partial charge in [0.15, 0.2) is 11.5 Å². The Bertz CT molecular complexity index is 817. The zero-order valence-electron chi connectivity index (χ0n) is 16.6. The molecule has 0 unspecified atom stereocenters. The molecule has 0 radical (unpaired) electrons. The molecule has 0 bridgehead atoms. The molecule has 5 heteroatoms. The van der Waals surface area contributed by atoms with E-state index in [9.17, 15) is 4.79 Å². The number of nitrogens with zero attached hydrogens (tertiary/aromatic N) is 1. The first-order chi connectivity index (χ1) is 12.9. The third-order valence-corrected chi connectivity index (χ3v) is 5.07. The molecule has 1 atom stereocenters. The van der Waals surface area contributed by atoms with Crippen molar-refractivity contribution in [3.8, 4) is 11.5 Å². The average molecular weight is 369 g/mol. The molecule has 0 aliphatic carbocycles. The molecular weight excluding hydrogens is 342 g/mol. The summed E-state index contributed by atoms with van der Waals surface area (Å²) in [6, 6.07) is 13.7. The number of amides is 1. The van der Waals surface area contributed by atoms with E-state index in [0.717, 1.165) is 12.0 Å². The molecule has 1 aliphatic heterocycles. The molecule has 1 fully saturated rings. The van der Waals surface area contributed by atoms with Gasteiger partial charge in [-0.3, -0.25) is 4.79 Å². The highest BCUT2D eigenvalue weighted by molar-refractivity contribution is 5.97. The normalized spacial score (nSPS) is 18.4. The van der Waals surface area contributed by atoms with Crippen molar-refractivity contribution < 1.29 is 19.0 Å². The van der Waals surface area contributed by atoms with Gasteiger partial charge in [-0.05, 0) is 50.5 Å². The molecule has 5 nitrogen and oxygen atoms in total. The van der Waals surface area contributed by atoms with Crippen molar-refractivity contribution in [2.45, 2.75) is 39.0 Å². The van der Waals surface area contributed by atoms with Gasteiger partial charge in [0, 0.05) is 5.56 Å². The van der Waals surface area contributed by atoms with Crippen molar-refractivity contribution >= 4 is 5.91 Å². The van der Waals surface area contributed by atoms with Gasteiger partial charge in [0.05, 0.1) is 26.9 Å². The third kappa shape index (κ3) is 3.78. The van der Waals surface area contributed by atoms with E-state index < -0.39 is 5.72 Å². The Morgan fingerprint density at radius 1 is 1.15 bits per heavy atom. The van der Waals surface area contributed by atoms with Crippen molar-refractivity contribution in [1.29, 1.82) is 0 Å². The van der Waals surface area contributed by atoms with E-state index in [4.69, 9.17) is 14.2 Å². The lowest BCUT2D eigenvalue weighted by molar-refractivity contribution is -0.0402. The zero-order valence-corrected chi connectivity index (χ0v) is 16.6. The Labute approximate surface area is 160 Å². The maximum Gasteiger partial charge on any atom is 0.256 e. The number of methoxy groups -OCH3 is 2. The second-order valence-electron chi connectivity index (χ2n) is 7.30. The van der Waals surface area contributed by atoms with Gasteiger partial charge in [-0.25, -0.2) is 0 Å². The predicted molar refractivity (Wildman–Crippen MR) is 104 cm³/mol. The van der Waals surface area contributed by atoms with Crippen molar-refractivity contribution in [3.05, 3.63) is 59.2 Å². The average Bonchev–Trinajstić information content (AvgIpc) is 2.95. The highest BCUT2D eigenvalue weighted by Gasteiger charge is 2.44. The Morgan fingerprint density at radius 3 is 2.41 bits per heavy atom. The first-order valence-corrected chi connectivity index (χ1v) is 9.11. The Hall–Kier alpha value is -2.53. The highest BCUT2D eigenvalue weighted by atomic mass is 16.5. The number of hydrogen-bond donors (Lipinski definition) is 0. The van der Waals surface area contributed by atoms with Crippen LogP contribution in [0, 0.1) is 6.92 Å². The minimum Gasteiger partial charge on any atom is -0.493 e. The molecule has 2 aromatic carbocycles. The van der Waals surface area contributed by atoms with Gasteiger partial charge in [0.1, 0.15) is 5.72 Å². The minimum absolute atomic E-state index is 0.0256. The summed E-state index contributed by atoms with van der Waals surface area (Å²) in [5.41, 5.74) is 1.96. The van der Waals surface area contributed by atoms with Crippen molar-refractivity contribution in [3.63, 3.8) is 0 Å². The summed E-state index contributed by atoms with van der Waals surface area (Å²) in [6.07, 6.45) is 0.752. The van der Waals surface area contributed by atoms with E-state index in [1.54, 1.807) is 20.3 Å². The van der Waals surface area contributed by atoms with Crippen LogP contribution in [0.1, 0.15) is 35.3 Å². The molecule has 1 saturated heterocycles. The lowest BCUT2D eigenvalue weighted by Crippen LogP contribution is -2.48. The van der Waals surface area contributed by atoms with E-state index in [-0.39, 0.29) is 11.9 Å². The maximum atomic E-state index is 13.5. The molecule has 0 saturated carbocycles. The van der Waals surface area contributed by atoms with Crippen LogP contribution in [0.5, 0.6) is 11.5 Å². The van der Waals surface area contributed by atoms with Gasteiger partial charge in [-0.15, -0.1) is 0 Å². The molecule has 3 rings (SSSR count). The summed E-state index contributed by atoms with van der Waals surface area (Å²) in [5, 5.41) is 0. The van der Waals surface area contributed by atoms with Crippen molar-refractivity contribution in [2.24, 2.45) is 0 Å². The van der Waals surface area contributed by atoms with Gasteiger partial charge in [0.2, 0.25) is 0 Å². The molecule has 0 aromatic heterocycles. The number of aryl methyl sites for hydroxylation is 1. The minimum atomic E-state index is -0.671. The molecule has 0 N–H and O–H groups in total. The van der Waals surface area contributed by atoms with Crippen LogP contribution in [0.25, 0.3) is 0 Å². The van der Waals surface area contributed by atoms with E-state index >= 15 is 0 Å². The van der Waals surface area contributed by atoms with E-state index in [2.05, 4.69) is 12.1 Å². The first-order valence-electron chi connectivity index (χ1n) is 9.11. The Balaban J connectivity index is 1.95. The van der Waals surface area contributed by atoms with Gasteiger partial charge in [-0.2, -0.15) is 0 Å². The van der Waals surface area contributed by atoms with Gasteiger partial charge in [0.25, 0.3) is 5.91 Å². The number of hydrogen-bond acceptors (Lipinski definition) is 4. The summed E-state index contributed by atoms with van der Waals surface area (Å²) >= 11 is 0. The Kier molecular flexibility index (Phi) is 5.42. The van der Waals surface area contributed by atoms with Crippen LogP contribution < -0.4 is 9.47 Å². The SMILES string of the molecule is COc1cc(C)c(C(=O)N2[C@@H](Cc3ccccc3)COC2(C)C)cc1OC. The van der Waals surface area contributed by atoms with Crippen LogP contribution in [0.15, 0.2) is 42.5 Å². The number of rotatable bonds is 5. The molecule has 144 valence electrons. The van der Waals surface area contributed by atoms with Gasteiger partial charge < -0.3 is 19.1 Å². The summed E-state index contributed by atoms with van der Waals surface area (Å²) in [5.74, 6) is 1.10. The summed E-state index contributed by atoms with van der Waals surface area (Å²) in [4.78, 5) is 15.4. The van der Waals surface area contributed by atoms with Gasteiger partial charge >= 0.3 is 0 Å². The number of carbonyl (C=O) groups excluding carboxylic acids is 1. The van der Waals surface area contributed by atoms with Crippen LogP contribution in [-0.4, -0.2) is 43.4 Å². The number of benzene rings is 2. The molecule has 0 spiro atoms. The van der Waals surface area contributed by atoms with Crippen molar-refractivity contribution in [2.75, 3.05) is 20.8 Å². The summed E-state index contributed by atoms with van der Waals surface area (Å²) < 4.78 is 16.7. The fourth-order valence-corrected chi connectivity index (χ4v) is 3.67.